The largest absolute Gasteiger partial charge is 0.494 e. The van der Waals surface area contributed by atoms with E-state index in [1.165, 1.54) is 6.92 Å². The second-order valence-corrected chi connectivity index (χ2v) is 7.83. The van der Waals surface area contributed by atoms with Gasteiger partial charge in [0.2, 0.25) is 5.91 Å². The summed E-state index contributed by atoms with van der Waals surface area (Å²) in [5, 5.41) is 7.67. The number of benzene rings is 2. The van der Waals surface area contributed by atoms with Crippen LogP contribution in [0, 0.1) is 13.8 Å². The number of aromatic nitrogens is 1. The van der Waals surface area contributed by atoms with Crippen LogP contribution in [-0.4, -0.2) is 29.2 Å². The van der Waals surface area contributed by atoms with Gasteiger partial charge in [0, 0.05) is 40.6 Å². The summed E-state index contributed by atoms with van der Waals surface area (Å²) in [5.41, 5.74) is 7.68. The Morgan fingerprint density at radius 1 is 1.09 bits per heavy atom. The van der Waals surface area contributed by atoms with E-state index in [0.29, 0.717) is 12.2 Å². The maximum absolute atomic E-state index is 12.5. The monoisotopic (exact) mass is 458 g/mol. The highest BCUT2D eigenvalue weighted by molar-refractivity contribution is 5.97. The summed E-state index contributed by atoms with van der Waals surface area (Å²) in [6.45, 7) is 7.93. The predicted molar refractivity (Wildman–Crippen MR) is 132 cm³/mol. The number of ether oxygens (including phenoxy) is 1. The fourth-order valence-electron chi connectivity index (χ4n) is 3.82. The van der Waals surface area contributed by atoms with E-state index in [-0.39, 0.29) is 11.7 Å². The highest BCUT2D eigenvalue weighted by atomic mass is 16.5. The van der Waals surface area contributed by atoms with E-state index in [1.807, 2.05) is 57.2 Å². The van der Waals surface area contributed by atoms with Gasteiger partial charge in [-0.3, -0.25) is 9.59 Å². The molecule has 2 aromatic carbocycles. The summed E-state index contributed by atoms with van der Waals surface area (Å²) in [6.07, 6.45) is 1.61. The van der Waals surface area contributed by atoms with Crippen molar-refractivity contribution in [3.8, 4) is 11.4 Å². The molecule has 4 aromatic rings. The Balaban J connectivity index is 1.47. The molecule has 0 saturated carbocycles. The molecular weight excluding hydrogens is 432 g/mol. The minimum Gasteiger partial charge on any atom is -0.494 e. The van der Waals surface area contributed by atoms with Gasteiger partial charge >= 0.3 is 5.91 Å². The smallest absolute Gasteiger partial charge is 0.307 e. The number of furan rings is 1. The lowest BCUT2D eigenvalue weighted by Crippen LogP contribution is -2.16. The summed E-state index contributed by atoms with van der Waals surface area (Å²) < 4.78 is 13.2. The average Bonchev–Trinajstić information content (AvgIpc) is 3.34. The average molecular weight is 459 g/mol. The van der Waals surface area contributed by atoms with Crippen LogP contribution in [0.2, 0.25) is 0 Å². The van der Waals surface area contributed by atoms with Gasteiger partial charge in [0.15, 0.2) is 5.76 Å². The van der Waals surface area contributed by atoms with Gasteiger partial charge in [-0.25, -0.2) is 5.43 Å². The molecule has 0 bridgehead atoms. The number of carbonyl (C=O) groups excluding carboxylic acids is 2. The topological polar surface area (TPSA) is 97.9 Å². The summed E-state index contributed by atoms with van der Waals surface area (Å²) in [5.74, 6) is 0.346. The molecule has 2 heterocycles. The molecule has 0 fully saturated rings. The molecular formula is C26H26N4O4. The van der Waals surface area contributed by atoms with E-state index < -0.39 is 5.91 Å². The number of nitrogens with one attached hydrogen (secondary N) is 2. The van der Waals surface area contributed by atoms with Gasteiger partial charge in [-0.05, 0) is 75.4 Å². The van der Waals surface area contributed by atoms with Crippen molar-refractivity contribution in [3.05, 3.63) is 77.3 Å². The molecule has 2 N–H and O–H groups in total. The molecule has 0 spiro atoms. The first-order chi connectivity index (χ1) is 16.4. The van der Waals surface area contributed by atoms with Crippen LogP contribution in [0.4, 0.5) is 5.69 Å². The Bertz CT molecular complexity index is 1380. The van der Waals surface area contributed by atoms with E-state index in [1.54, 1.807) is 24.4 Å². The van der Waals surface area contributed by atoms with Crippen molar-refractivity contribution in [1.29, 1.82) is 0 Å². The molecule has 0 unspecified atom stereocenters. The maximum atomic E-state index is 12.5. The standard InChI is InChI=1S/C26H26N4O4/c1-5-33-23-10-11-24-19(13-23)14-25(34-24)26(32)29-27-15-20-12-16(2)30(17(20)3)22-8-6-21(7-9-22)28-18(4)31/h6-15H,5H2,1-4H3,(H,28,31)(H,29,32)/b27-15+. The third-order valence-electron chi connectivity index (χ3n) is 5.31. The summed E-state index contributed by atoms with van der Waals surface area (Å²) >= 11 is 0. The molecule has 34 heavy (non-hydrogen) atoms. The highest BCUT2D eigenvalue weighted by Crippen LogP contribution is 2.25. The predicted octanol–water partition coefficient (Wildman–Crippen LogP) is 4.96. The van der Waals surface area contributed by atoms with Gasteiger partial charge in [-0.15, -0.1) is 0 Å². The van der Waals surface area contributed by atoms with E-state index in [2.05, 4.69) is 20.4 Å². The van der Waals surface area contributed by atoms with Crippen LogP contribution >= 0.6 is 0 Å². The fourth-order valence-corrected chi connectivity index (χ4v) is 3.82. The first kappa shape index (κ1) is 22.8. The van der Waals surface area contributed by atoms with Gasteiger partial charge in [0.25, 0.3) is 0 Å². The van der Waals surface area contributed by atoms with E-state index in [9.17, 15) is 9.59 Å². The number of aryl methyl sites for hydroxylation is 1. The molecule has 0 atom stereocenters. The van der Waals surface area contributed by atoms with Crippen LogP contribution in [0.25, 0.3) is 16.7 Å². The Labute approximate surface area is 197 Å². The minimum absolute atomic E-state index is 0.112. The van der Waals surface area contributed by atoms with Gasteiger partial charge in [-0.1, -0.05) is 0 Å². The summed E-state index contributed by atoms with van der Waals surface area (Å²) in [7, 11) is 0. The molecule has 0 saturated heterocycles. The fraction of sp³-hybridized carbons (Fsp3) is 0.192. The normalized spacial score (nSPS) is 11.2. The second-order valence-electron chi connectivity index (χ2n) is 7.83. The van der Waals surface area contributed by atoms with Crippen molar-refractivity contribution >= 4 is 34.7 Å². The van der Waals surface area contributed by atoms with Crippen LogP contribution in [0.1, 0.15) is 41.4 Å². The quantitative estimate of drug-likeness (QED) is 0.302. The lowest BCUT2D eigenvalue weighted by Gasteiger charge is -2.10. The number of rotatable bonds is 7. The van der Waals surface area contributed by atoms with Crippen LogP contribution in [-0.2, 0) is 4.79 Å². The number of anilines is 1. The Morgan fingerprint density at radius 3 is 2.56 bits per heavy atom. The van der Waals surface area contributed by atoms with Crippen LogP contribution < -0.4 is 15.5 Å². The van der Waals surface area contributed by atoms with Crippen molar-refractivity contribution in [2.24, 2.45) is 5.10 Å². The lowest BCUT2D eigenvalue weighted by atomic mass is 10.2. The molecule has 0 aliphatic heterocycles. The van der Waals surface area contributed by atoms with E-state index in [4.69, 9.17) is 9.15 Å². The van der Waals surface area contributed by atoms with E-state index in [0.717, 1.165) is 39.5 Å². The van der Waals surface area contributed by atoms with Crippen molar-refractivity contribution in [2.45, 2.75) is 27.7 Å². The van der Waals surface area contributed by atoms with Crippen LogP contribution in [0.15, 0.2) is 64.1 Å². The van der Waals surface area contributed by atoms with Crippen LogP contribution in [0.3, 0.4) is 0 Å². The number of hydrogen-bond acceptors (Lipinski definition) is 5. The lowest BCUT2D eigenvalue weighted by molar-refractivity contribution is -0.114. The number of carbonyl (C=O) groups is 2. The highest BCUT2D eigenvalue weighted by Gasteiger charge is 2.13. The maximum Gasteiger partial charge on any atom is 0.307 e. The molecule has 0 aliphatic carbocycles. The first-order valence-electron chi connectivity index (χ1n) is 10.9. The molecule has 8 nitrogen and oxygen atoms in total. The molecule has 8 heteroatoms. The second kappa shape index (κ2) is 9.66. The van der Waals surface area contributed by atoms with Crippen molar-refractivity contribution in [2.75, 3.05) is 11.9 Å². The zero-order valence-corrected chi connectivity index (χ0v) is 19.5. The van der Waals surface area contributed by atoms with E-state index >= 15 is 0 Å². The number of amides is 2. The van der Waals surface area contributed by atoms with Crippen molar-refractivity contribution in [1.82, 2.24) is 9.99 Å². The molecule has 4 rings (SSSR count). The Hall–Kier alpha value is -4.33. The summed E-state index contributed by atoms with van der Waals surface area (Å²) in [4.78, 5) is 23.7. The first-order valence-corrected chi connectivity index (χ1v) is 10.9. The minimum atomic E-state index is -0.437. The Kier molecular flexibility index (Phi) is 6.49. The van der Waals surface area contributed by atoms with Gasteiger partial charge in [-0.2, -0.15) is 5.10 Å². The number of hydrogen-bond donors (Lipinski definition) is 2. The van der Waals surface area contributed by atoms with Gasteiger partial charge in [0.1, 0.15) is 11.3 Å². The zero-order valence-electron chi connectivity index (χ0n) is 19.5. The molecule has 2 amide bonds. The third kappa shape index (κ3) is 4.85. The van der Waals surface area contributed by atoms with Gasteiger partial charge < -0.3 is 19.0 Å². The van der Waals surface area contributed by atoms with Gasteiger partial charge in [0.05, 0.1) is 12.8 Å². The Morgan fingerprint density at radius 2 is 1.85 bits per heavy atom. The number of fused-ring (bicyclic) bond motifs is 1. The zero-order chi connectivity index (χ0) is 24.2. The number of nitrogens with zero attached hydrogens (tertiary/aromatic N) is 2. The summed E-state index contributed by atoms with van der Waals surface area (Å²) in [6, 6.07) is 16.7. The number of hydrazone groups is 1. The van der Waals surface area contributed by atoms with Crippen molar-refractivity contribution in [3.63, 3.8) is 0 Å². The van der Waals surface area contributed by atoms with Crippen LogP contribution in [0.5, 0.6) is 5.75 Å². The molecule has 2 aromatic heterocycles. The SMILES string of the molecule is CCOc1ccc2oc(C(=O)N/N=C/c3cc(C)n(-c4ccc(NC(C)=O)cc4)c3C)cc2c1. The molecule has 174 valence electrons. The van der Waals surface area contributed by atoms with Crippen molar-refractivity contribution < 1.29 is 18.7 Å². The third-order valence-corrected chi connectivity index (χ3v) is 5.31. The molecule has 0 aliphatic rings. The molecule has 0 radical (unpaired) electrons.